The summed E-state index contributed by atoms with van der Waals surface area (Å²) in [5, 5.41) is 0. The van der Waals surface area contributed by atoms with Crippen molar-refractivity contribution < 1.29 is 19.0 Å². The maximum atomic E-state index is 11.2. The summed E-state index contributed by atoms with van der Waals surface area (Å²) >= 11 is 0. The highest BCUT2D eigenvalue weighted by Crippen LogP contribution is 2.18. The normalized spacial score (nSPS) is 15.2. The summed E-state index contributed by atoms with van der Waals surface area (Å²) in [6.45, 7) is 8.61. The number of carbonyl (C=O) groups excluding carboxylic acids is 1. The lowest BCUT2D eigenvalue weighted by atomic mass is 9.94. The molecule has 17 heavy (non-hydrogen) atoms. The summed E-state index contributed by atoms with van der Waals surface area (Å²) in [6, 6.07) is 0. The van der Waals surface area contributed by atoms with Crippen molar-refractivity contribution in [2.45, 2.75) is 33.8 Å². The van der Waals surface area contributed by atoms with Gasteiger partial charge in [0.1, 0.15) is 6.79 Å². The summed E-state index contributed by atoms with van der Waals surface area (Å²) in [5.74, 6) is 0.176. The van der Waals surface area contributed by atoms with Crippen molar-refractivity contribution in [3.05, 3.63) is 12.2 Å². The van der Waals surface area contributed by atoms with Crippen molar-refractivity contribution in [1.29, 1.82) is 0 Å². The van der Waals surface area contributed by atoms with Crippen LogP contribution in [0.25, 0.3) is 0 Å². The zero-order chi connectivity index (χ0) is 13.3. The molecule has 0 bridgehead atoms. The maximum Gasteiger partial charge on any atom is 0.330 e. The molecular formula is C13H24O4. The van der Waals surface area contributed by atoms with Gasteiger partial charge in [0.05, 0.1) is 12.7 Å². The Morgan fingerprint density at radius 2 is 1.94 bits per heavy atom. The van der Waals surface area contributed by atoms with Crippen LogP contribution in [0.4, 0.5) is 0 Å². The van der Waals surface area contributed by atoms with E-state index in [1.54, 1.807) is 14.0 Å². The second-order valence-electron chi connectivity index (χ2n) is 4.25. The number of ether oxygens (including phenoxy) is 3. The first kappa shape index (κ1) is 16.1. The van der Waals surface area contributed by atoms with Gasteiger partial charge in [-0.3, -0.25) is 0 Å². The van der Waals surface area contributed by atoms with Crippen LogP contribution >= 0.6 is 0 Å². The van der Waals surface area contributed by atoms with Gasteiger partial charge in [-0.05, 0) is 12.8 Å². The van der Waals surface area contributed by atoms with E-state index in [2.05, 4.69) is 13.8 Å². The number of rotatable bonds is 8. The standard InChI is InChI=1S/C13H24O4/c1-6-16-12(14)8-7-11(4)13(10(2)3)17-9-15-5/h7-8,10-11,13H,6,9H2,1-5H3/b8-7+/t11-,13-/m1/s1. The first-order valence-corrected chi connectivity index (χ1v) is 5.98. The third kappa shape index (κ3) is 7.13. The van der Waals surface area contributed by atoms with Crippen molar-refractivity contribution in [2.75, 3.05) is 20.5 Å². The molecule has 0 unspecified atom stereocenters. The fourth-order valence-electron chi connectivity index (χ4n) is 1.63. The van der Waals surface area contributed by atoms with Gasteiger partial charge in [-0.2, -0.15) is 0 Å². The Hall–Kier alpha value is -0.870. The first-order chi connectivity index (χ1) is 8.02. The highest BCUT2D eigenvalue weighted by Gasteiger charge is 2.19. The van der Waals surface area contributed by atoms with Gasteiger partial charge in [-0.1, -0.05) is 26.8 Å². The Balaban J connectivity index is 4.30. The topological polar surface area (TPSA) is 44.8 Å². The Morgan fingerprint density at radius 1 is 1.29 bits per heavy atom. The van der Waals surface area contributed by atoms with Crippen LogP contribution in [0.1, 0.15) is 27.7 Å². The van der Waals surface area contributed by atoms with Crippen LogP contribution in [-0.4, -0.2) is 32.6 Å². The smallest absolute Gasteiger partial charge is 0.330 e. The van der Waals surface area contributed by atoms with Crippen molar-refractivity contribution in [3.63, 3.8) is 0 Å². The Bertz CT molecular complexity index is 236. The minimum atomic E-state index is -0.311. The van der Waals surface area contributed by atoms with E-state index in [4.69, 9.17) is 14.2 Å². The average molecular weight is 244 g/mol. The Morgan fingerprint density at radius 3 is 2.41 bits per heavy atom. The number of hydrogen-bond donors (Lipinski definition) is 0. The molecule has 0 aromatic rings. The van der Waals surface area contributed by atoms with Gasteiger partial charge < -0.3 is 14.2 Å². The molecule has 0 radical (unpaired) electrons. The molecule has 100 valence electrons. The van der Waals surface area contributed by atoms with E-state index in [0.29, 0.717) is 12.5 Å². The van der Waals surface area contributed by atoms with Crippen molar-refractivity contribution in [3.8, 4) is 0 Å². The van der Waals surface area contributed by atoms with E-state index in [0.717, 1.165) is 0 Å². The van der Waals surface area contributed by atoms with Crippen LogP contribution in [0.5, 0.6) is 0 Å². The second kappa shape index (κ2) is 9.19. The highest BCUT2D eigenvalue weighted by molar-refractivity contribution is 5.81. The third-order valence-electron chi connectivity index (χ3n) is 2.38. The molecule has 0 saturated heterocycles. The molecule has 0 rings (SSSR count). The summed E-state index contributed by atoms with van der Waals surface area (Å²) < 4.78 is 15.3. The fourth-order valence-corrected chi connectivity index (χ4v) is 1.63. The molecule has 2 atom stereocenters. The second-order valence-corrected chi connectivity index (χ2v) is 4.25. The zero-order valence-electron chi connectivity index (χ0n) is 11.4. The first-order valence-electron chi connectivity index (χ1n) is 5.98. The van der Waals surface area contributed by atoms with Gasteiger partial charge in [-0.25, -0.2) is 4.79 Å². The molecule has 0 saturated carbocycles. The van der Waals surface area contributed by atoms with Crippen molar-refractivity contribution in [1.82, 2.24) is 0 Å². The molecule has 4 nitrogen and oxygen atoms in total. The SMILES string of the molecule is CCOC(=O)/C=C/[C@@H](C)[C@H](OCOC)C(C)C. The summed E-state index contributed by atoms with van der Waals surface area (Å²) in [4.78, 5) is 11.2. The Labute approximate surface area is 104 Å². The molecule has 0 N–H and O–H groups in total. The third-order valence-corrected chi connectivity index (χ3v) is 2.38. The van der Waals surface area contributed by atoms with Gasteiger partial charge in [0.25, 0.3) is 0 Å². The lowest BCUT2D eigenvalue weighted by Gasteiger charge is -2.25. The van der Waals surface area contributed by atoms with E-state index >= 15 is 0 Å². The largest absolute Gasteiger partial charge is 0.463 e. The fraction of sp³-hybridized carbons (Fsp3) is 0.769. The summed E-state index contributed by atoms with van der Waals surface area (Å²) in [5.41, 5.74) is 0. The molecule has 0 heterocycles. The molecule has 0 spiro atoms. The van der Waals surface area contributed by atoms with Gasteiger partial charge in [0.15, 0.2) is 0 Å². The van der Waals surface area contributed by atoms with Crippen LogP contribution < -0.4 is 0 Å². The minimum Gasteiger partial charge on any atom is -0.463 e. The van der Waals surface area contributed by atoms with Crippen LogP contribution in [0, 0.1) is 11.8 Å². The van der Waals surface area contributed by atoms with Crippen LogP contribution in [-0.2, 0) is 19.0 Å². The maximum absolute atomic E-state index is 11.2. The lowest BCUT2D eigenvalue weighted by Crippen LogP contribution is -2.27. The predicted molar refractivity (Wildman–Crippen MR) is 66.5 cm³/mol. The van der Waals surface area contributed by atoms with Gasteiger partial charge in [0.2, 0.25) is 0 Å². The molecular weight excluding hydrogens is 220 g/mol. The van der Waals surface area contributed by atoms with Crippen molar-refractivity contribution in [2.24, 2.45) is 11.8 Å². The van der Waals surface area contributed by atoms with Gasteiger partial charge in [-0.15, -0.1) is 0 Å². The molecule has 0 aliphatic carbocycles. The van der Waals surface area contributed by atoms with E-state index < -0.39 is 0 Å². The van der Waals surface area contributed by atoms with E-state index in [1.807, 2.05) is 13.0 Å². The molecule has 4 heteroatoms. The Kier molecular flexibility index (Phi) is 8.72. The molecule has 0 aromatic carbocycles. The van der Waals surface area contributed by atoms with E-state index in [9.17, 15) is 4.79 Å². The summed E-state index contributed by atoms with van der Waals surface area (Å²) in [7, 11) is 1.59. The average Bonchev–Trinajstić information content (AvgIpc) is 2.27. The quantitative estimate of drug-likeness (QED) is 0.373. The highest BCUT2D eigenvalue weighted by atomic mass is 16.7. The molecule has 0 amide bonds. The minimum absolute atomic E-state index is 0.0284. The monoisotopic (exact) mass is 244 g/mol. The van der Waals surface area contributed by atoms with Crippen LogP contribution in [0.3, 0.4) is 0 Å². The number of esters is 1. The number of hydrogen-bond acceptors (Lipinski definition) is 4. The molecule has 0 fully saturated rings. The summed E-state index contributed by atoms with van der Waals surface area (Å²) in [6.07, 6.45) is 3.30. The zero-order valence-corrected chi connectivity index (χ0v) is 11.4. The van der Waals surface area contributed by atoms with E-state index in [-0.39, 0.29) is 24.8 Å². The van der Waals surface area contributed by atoms with Gasteiger partial charge in [0, 0.05) is 19.1 Å². The van der Waals surface area contributed by atoms with Gasteiger partial charge >= 0.3 is 5.97 Å². The molecule has 0 aliphatic rings. The number of carbonyl (C=O) groups is 1. The lowest BCUT2D eigenvalue weighted by molar-refractivity contribution is -0.137. The van der Waals surface area contributed by atoms with Crippen LogP contribution in [0.2, 0.25) is 0 Å². The molecule has 0 aromatic heterocycles. The predicted octanol–water partition coefficient (Wildman–Crippen LogP) is 2.39. The van der Waals surface area contributed by atoms with Crippen molar-refractivity contribution >= 4 is 5.97 Å². The molecule has 0 aliphatic heterocycles. The number of methoxy groups -OCH3 is 1. The van der Waals surface area contributed by atoms with Crippen LogP contribution in [0.15, 0.2) is 12.2 Å². The van der Waals surface area contributed by atoms with E-state index in [1.165, 1.54) is 6.08 Å².